The van der Waals surface area contributed by atoms with Crippen LogP contribution in [0.25, 0.3) is 0 Å². The van der Waals surface area contributed by atoms with Gasteiger partial charge in [-0.15, -0.1) is 0 Å². The van der Waals surface area contributed by atoms with Gasteiger partial charge in [-0.2, -0.15) is 48.3 Å². The molecule has 22 heavy (non-hydrogen) atoms. The van der Waals surface area contributed by atoms with Crippen LogP contribution in [-0.2, 0) is 14.3 Å². The molecule has 1 unspecified atom stereocenters. The molecule has 0 aromatic rings. The van der Waals surface area contributed by atoms with Crippen LogP contribution in [0.5, 0.6) is 0 Å². The normalized spacial score (nSPS) is 17.1. The van der Waals surface area contributed by atoms with Crippen LogP contribution in [0.4, 0.5) is 48.3 Å². The van der Waals surface area contributed by atoms with Crippen molar-refractivity contribution in [3.05, 3.63) is 0 Å². The molecule has 0 saturated carbocycles. The Morgan fingerprint density at radius 2 is 1.23 bits per heavy atom. The van der Waals surface area contributed by atoms with Gasteiger partial charge in [0.15, 0.2) is 0 Å². The van der Waals surface area contributed by atoms with E-state index in [1.54, 1.807) is 0 Å². The van der Waals surface area contributed by atoms with Gasteiger partial charge in [-0.1, -0.05) is 0 Å². The van der Waals surface area contributed by atoms with Crippen molar-refractivity contribution in [1.82, 2.24) is 0 Å². The van der Waals surface area contributed by atoms with E-state index in [1.165, 1.54) is 0 Å². The molecular weight excluding hydrogens is 353 g/mol. The summed E-state index contributed by atoms with van der Waals surface area (Å²) in [4.78, 5) is 10.7. The Labute approximate surface area is 114 Å². The Morgan fingerprint density at radius 1 is 0.818 bits per heavy atom. The summed E-state index contributed by atoms with van der Waals surface area (Å²) in [6, 6.07) is 0. The van der Waals surface area contributed by atoms with E-state index in [4.69, 9.17) is 0 Å². The molecule has 0 fully saturated rings. The van der Waals surface area contributed by atoms with Crippen molar-refractivity contribution in [3.63, 3.8) is 0 Å². The Kier molecular flexibility index (Phi) is 5.35. The van der Waals surface area contributed by atoms with E-state index >= 15 is 0 Å². The highest BCUT2D eigenvalue weighted by molar-refractivity contribution is 5.78. The van der Waals surface area contributed by atoms with Gasteiger partial charge in [0.25, 0.3) is 0 Å². The zero-order chi connectivity index (χ0) is 18.2. The Hall–Kier alpha value is -1.34. The summed E-state index contributed by atoms with van der Waals surface area (Å²) in [6.45, 7) is -0.262. The number of carbonyl (C=O) groups is 1. The zero-order valence-corrected chi connectivity index (χ0v) is 10.1. The quantitative estimate of drug-likeness (QED) is 0.557. The first-order valence-corrected chi connectivity index (χ1v) is 4.89. The van der Waals surface area contributed by atoms with Crippen LogP contribution >= 0.6 is 0 Å². The summed E-state index contributed by atoms with van der Waals surface area (Å²) < 4.78 is 141. The van der Waals surface area contributed by atoms with Gasteiger partial charge >= 0.3 is 36.2 Å². The van der Waals surface area contributed by atoms with Gasteiger partial charge in [0.05, 0.1) is 6.61 Å². The summed E-state index contributed by atoms with van der Waals surface area (Å²) >= 11 is 0. The van der Waals surface area contributed by atoms with Crippen molar-refractivity contribution in [2.45, 2.75) is 37.2 Å². The van der Waals surface area contributed by atoms with Gasteiger partial charge in [0.2, 0.25) is 0 Å². The molecule has 0 rings (SSSR count). The monoisotopic (exact) mass is 358 g/mol. The van der Waals surface area contributed by atoms with Crippen LogP contribution in [0, 0.1) is 0 Å². The number of alkyl halides is 11. The molecular formula is C8H5F11O3. The molecule has 0 aliphatic rings. The van der Waals surface area contributed by atoms with E-state index < -0.39 is 42.8 Å². The Balaban J connectivity index is 5.83. The lowest BCUT2D eigenvalue weighted by Crippen LogP contribution is -2.61. The molecule has 14 heteroatoms. The molecule has 132 valence electrons. The number of carbonyl (C=O) groups excluding carboxylic acids is 1. The van der Waals surface area contributed by atoms with E-state index in [2.05, 4.69) is 4.74 Å². The summed E-state index contributed by atoms with van der Waals surface area (Å²) in [5.41, 5.74) is 0. The van der Waals surface area contributed by atoms with Crippen molar-refractivity contribution >= 4 is 5.97 Å². The molecule has 0 N–H and O–H groups in total. The van der Waals surface area contributed by atoms with E-state index in [0.29, 0.717) is 0 Å². The van der Waals surface area contributed by atoms with Gasteiger partial charge in [-0.05, 0) is 6.92 Å². The Bertz CT molecular complexity index is 413. The van der Waals surface area contributed by atoms with Crippen molar-refractivity contribution in [2.75, 3.05) is 6.61 Å². The Morgan fingerprint density at radius 3 is 1.50 bits per heavy atom. The lowest BCUT2D eigenvalue weighted by Gasteiger charge is -2.33. The predicted molar refractivity (Wildman–Crippen MR) is 43.6 cm³/mol. The van der Waals surface area contributed by atoms with Crippen LogP contribution in [0.1, 0.15) is 6.92 Å². The lowest BCUT2D eigenvalue weighted by molar-refractivity contribution is -0.475. The van der Waals surface area contributed by atoms with Crippen LogP contribution in [0.3, 0.4) is 0 Å². The van der Waals surface area contributed by atoms with E-state index in [-0.39, 0.29) is 0 Å². The molecule has 0 amide bonds. The van der Waals surface area contributed by atoms with E-state index in [1.807, 2.05) is 4.74 Å². The number of ether oxygens (including phenoxy) is 2. The first-order chi connectivity index (χ1) is 9.44. The highest BCUT2D eigenvalue weighted by atomic mass is 19.4. The molecule has 0 bridgehead atoms. The minimum absolute atomic E-state index is 0.775. The summed E-state index contributed by atoms with van der Waals surface area (Å²) in [5, 5.41) is 0. The second-order valence-electron chi connectivity index (χ2n) is 3.50. The highest BCUT2D eigenvalue weighted by Gasteiger charge is 2.80. The van der Waals surface area contributed by atoms with Gasteiger partial charge in [-0.25, -0.2) is 4.79 Å². The molecule has 0 saturated heterocycles. The molecule has 0 aliphatic carbocycles. The first-order valence-electron chi connectivity index (χ1n) is 4.89. The number of rotatable bonds is 5. The molecule has 0 aromatic carbocycles. The van der Waals surface area contributed by atoms with Crippen molar-refractivity contribution in [1.29, 1.82) is 0 Å². The fourth-order valence-corrected chi connectivity index (χ4v) is 0.845. The summed E-state index contributed by atoms with van der Waals surface area (Å²) in [7, 11) is 0. The fraction of sp³-hybridized carbons (Fsp3) is 0.875. The number of halogens is 11. The maximum atomic E-state index is 13.3. The third-order valence-corrected chi connectivity index (χ3v) is 1.89. The maximum Gasteiger partial charge on any atom is 0.462 e. The predicted octanol–water partition coefficient (Wildman–Crippen LogP) is 3.58. The van der Waals surface area contributed by atoms with Crippen molar-refractivity contribution in [3.8, 4) is 0 Å². The fourth-order valence-electron chi connectivity index (χ4n) is 0.845. The van der Waals surface area contributed by atoms with Crippen LogP contribution in [0.15, 0.2) is 0 Å². The third kappa shape index (κ3) is 3.52. The SMILES string of the molecule is CCOC(=O)C(F)(OC(F)(F)C(F)(F)C(F)(F)F)C(F)(F)F. The van der Waals surface area contributed by atoms with Crippen LogP contribution in [-0.4, -0.2) is 42.8 Å². The molecule has 0 radical (unpaired) electrons. The van der Waals surface area contributed by atoms with Gasteiger partial charge < -0.3 is 4.74 Å². The topological polar surface area (TPSA) is 35.5 Å². The maximum absolute atomic E-state index is 13.3. The van der Waals surface area contributed by atoms with Crippen molar-refractivity contribution < 1.29 is 62.6 Å². The molecule has 1 atom stereocenters. The van der Waals surface area contributed by atoms with Gasteiger partial charge in [0, 0.05) is 0 Å². The third-order valence-electron chi connectivity index (χ3n) is 1.89. The van der Waals surface area contributed by atoms with E-state index in [0.717, 1.165) is 6.92 Å². The number of esters is 1. The average molecular weight is 358 g/mol. The first kappa shape index (κ1) is 20.7. The van der Waals surface area contributed by atoms with E-state index in [9.17, 15) is 53.1 Å². The summed E-state index contributed by atoms with van der Waals surface area (Å²) in [6.07, 6.45) is -20.9. The molecule has 3 nitrogen and oxygen atoms in total. The molecule has 0 heterocycles. The standard InChI is InChI=1S/C8H5F11O3/c1-2-21-3(20)4(9,6(12,13)14)22-8(18,19)5(10,11)7(15,16)17/h2H2,1H3. The zero-order valence-electron chi connectivity index (χ0n) is 10.1. The lowest BCUT2D eigenvalue weighted by atomic mass is 10.2. The minimum Gasteiger partial charge on any atom is -0.462 e. The largest absolute Gasteiger partial charge is 0.462 e. The summed E-state index contributed by atoms with van der Waals surface area (Å²) in [5.74, 6) is -16.7. The van der Waals surface area contributed by atoms with Crippen LogP contribution in [0.2, 0.25) is 0 Å². The highest BCUT2D eigenvalue weighted by Crippen LogP contribution is 2.51. The smallest absolute Gasteiger partial charge is 0.462 e. The second-order valence-corrected chi connectivity index (χ2v) is 3.50. The van der Waals surface area contributed by atoms with Gasteiger partial charge in [-0.3, -0.25) is 4.74 Å². The molecule has 0 spiro atoms. The van der Waals surface area contributed by atoms with Crippen molar-refractivity contribution in [2.24, 2.45) is 0 Å². The average Bonchev–Trinajstić information content (AvgIpc) is 2.25. The molecule has 0 aliphatic heterocycles. The second kappa shape index (κ2) is 5.70. The number of hydrogen-bond acceptors (Lipinski definition) is 3. The van der Waals surface area contributed by atoms with Crippen LogP contribution < -0.4 is 0 Å². The molecule has 0 aromatic heterocycles. The minimum atomic E-state index is -7.21. The number of hydrogen-bond donors (Lipinski definition) is 0. The van der Waals surface area contributed by atoms with Gasteiger partial charge in [0.1, 0.15) is 0 Å².